The van der Waals surface area contributed by atoms with E-state index in [1.165, 1.54) is 0 Å². The van der Waals surface area contributed by atoms with Gasteiger partial charge in [0, 0.05) is 6.54 Å². The number of aliphatic hydroxyl groups is 1. The highest BCUT2D eigenvalue weighted by molar-refractivity contribution is 6.28. The van der Waals surface area contributed by atoms with E-state index in [-0.39, 0.29) is 6.10 Å². The number of rotatable bonds is 4. The fraction of sp³-hybridized carbons (Fsp3) is 0.500. The second-order valence-corrected chi connectivity index (χ2v) is 3.06. The first-order valence-corrected chi connectivity index (χ1v) is 4.19. The lowest BCUT2D eigenvalue weighted by atomic mass is 10.4. The van der Waals surface area contributed by atoms with E-state index in [9.17, 15) is 0 Å². The maximum absolute atomic E-state index is 8.92. The van der Waals surface area contributed by atoms with Crippen molar-refractivity contribution in [1.29, 1.82) is 0 Å². The fourth-order valence-corrected chi connectivity index (χ4v) is 1.01. The quantitative estimate of drug-likeness (QED) is 0.753. The van der Waals surface area contributed by atoms with Crippen molar-refractivity contribution in [2.24, 2.45) is 0 Å². The molecule has 1 rings (SSSR count). The Bertz CT molecular complexity index is 235. The van der Waals surface area contributed by atoms with Crippen molar-refractivity contribution < 1.29 is 9.52 Å². The van der Waals surface area contributed by atoms with Gasteiger partial charge in [-0.15, -0.1) is 0 Å². The van der Waals surface area contributed by atoms with Crippen LogP contribution in [-0.4, -0.2) is 17.8 Å². The van der Waals surface area contributed by atoms with Crippen LogP contribution in [0, 0.1) is 0 Å². The molecule has 0 saturated carbocycles. The summed E-state index contributed by atoms with van der Waals surface area (Å²) in [5.41, 5.74) is 0. The van der Waals surface area contributed by atoms with Crippen molar-refractivity contribution in [2.45, 2.75) is 19.6 Å². The van der Waals surface area contributed by atoms with Crippen molar-refractivity contribution >= 4 is 11.6 Å². The largest absolute Gasteiger partial charge is 0.448 e. The molecule has 0 aliphatic rings. The van der Waals surface area contributed by atoms with E-state index in [4.69, 9.17) is 21.1 Å². The molecule has 0 unspecified atom stereocenters. The summed E-state index contributed by atoms with van der Waals surface area (Å²) in [5, 5.41) is 12.3. The third-order valence-electron chi connectivity index (χ3n) is 1.37. The maximum atomic E-state index is 8.92. The number of furan rings is 1. The monoisotopic (exact) mass is 189 g/mol. The minimum Gasteiger partial charge on any atom is -0.448 e. The molecular weight excluding hydrogens is 178 g/mol. The van der Waals surface area contributed by atoms with Crippen molar-refractivity contribution in [1.82, 2.24) is 5.32 Å². The van der Waals surface area contributed by atoms with Crippen LogP contribution in [0.25, 0.3) is 0 Å². The maximum Gasteiger partial charge on any atom is 0.193 e. The van der Waals surface area contributed by atoms with Crippen LogP contribution < -0.4 is 5.32 Å². The molecule has 0 bridgehead atoms. The first-order chi connectivity index (χ1) is 5.68. The van der Waals surface area contributed by atoms with Gasteiger partial charge in [0.05, 0.1) is 12.6 Å². The van der Waals surface area contributed by atoms with Gasteiger partial charge in [-0.3, -0.25) is 0 Å². The lowest BCUT2D eigenvalue weighted by Crippen LogP contribution is -2.23. The molecule has 0 radical (unpaired) electrons. The smallest absolute Gasteiger partial charge is 0.193 e. The predicted octanol–water partition coefficient (Wildman–Crippen LogP) is 1.40. The Labute approximate surface area is 76.3 Å². The van der Waals surface area contributed by atoms with Gasteiger partial charge in [-0.2, -0.15) is 0 Å². The van der Waals surface area contributed by atoms with E-state index in [1.54, 1.807) is 19.1 Å². The number of hydrogen-bond donors (Lipinski definition) is 2. The predicted molar refractivity (Wildman–Crippen MR) is 47.1 cm³/mol. The second kappa shape index (κ2) is 4.50. The summed E-state index contributed by atoms with van der Waals surface area (Å²) >= 11 is 5.56. The Hall–Kier alpha value is -0.510. The number of halogens is 1. The fourth-order valence-electron chi connectivity index (χ4n) is 0.851. The molecule has 4 heteroatoms. The highest BCUT2D eigenvalue weighted by Crippen LogP contribution is 2.12. The molecule has 3 nitrogen and oxygen atoms in total. The Kier molecular flexibility index (Phi) is 3.59. The average molecular weight is 190 g/mol. The van der Waals surface area contributed by atoms with E-state index >= 15 is 0 Å². The summed E-state index contributed by atoms with van der Waals surface area (Å²) in [6.45, 7) is 2.87. The van der Waals surface area contributed by atoms with Gasteiger partial charge < -0.3 is 14.8 Å². The first kappa shape index (κ1) is 9.58. The van der Waals surface area contributed by atoms with Crippen LogP contribution in [0.3, 0.4) is 0 Å². The third-order valence-corrected chi connectivity index (χ3v) is 1.57. The first-order valence-electron chi connectivity index (χ1n) is 3.81. The molecule has 0 aromatic carbocycles. The molecule has 1 atom stereocenters. The molecule has 0 aliphatic heterocycles. The molecule has 0 saturated heterocycles. The molecule has 12 heavy (non-hydrogen) atoms. The van der Waals surface area contributed by atoms with E-state index in [0.717, 1.165) is 5.76 Å². The normalized spacial score (nSPS) is 13.2. The standard InChI is InChI=1S/C8H12ClNO2/c1-6(11)4-10-5-7-2-3-8(9)12-7/h2-3,6,10-11H,4-5H2,1H3/t6-/m1/s1. The van der Waals surface area contributed by atoms with Gasteiger partial charge in [-0.25, -0.2) is 0 Å². The molecule has 1 aromatic heterocycles. The molecule has 0 aliphatic carbocycles. The molecule has 0 fully saturated rings. The van der Waals surface area contributed by atoms with Crippen LogP contribution in [0.5, 0.6) is 0 Å². The van der Waals surface area contributed by atoms with E-state index in [1.807, 2.05) is 0 Å². The summed E-state index contributed by atoms with van der Waals surface area (Å²) in [4.78, 5) is 0. The minimum absolute atomic E-state index is 0.338. The average Bonchev–Trinajstić information content (AvgIpc) is 2.35. The van der Waals surface area contributed by atoms with E-state index < -0.39 is 0 Å². The summed E-state index contributed by atoms with van der Waals surface area (Å²) in [5.74, 6) is 0.778. The summed E-state index contributed by atoms with van der Waals surface area (Å²) in [6, 6.07) is 3.50. The Balaban J connectivity index is 2.24. The lowest BCUT2D eigenvalue weighted by molar-refractivity contribution is 0.190. The van der Waals surface area contributed by atoms with Crippen molar-refractivity contribution in [2.75, 3.05) is 6.54 Å². The second-order valence-electron chi connectivity index (χ2n) is 2.69. The van der Waals surface area contributed by atoms with Crippen molar-refractivity contribution in [3.05, 3.63) is 23.1 Å². The number of nitrogens with one attached hydrogen (secondary N) is 1. The van der Waals surface area contributed by atoms with Gasteiger partial charge >= 0.3 is 0 Å². The van der Waals surface area contributed by atoms with Gasteiger partial charge in [-0.1, -0.05) is 0 Å². The van der Waals surface area contributed by atoms with Gasteiger partial charge in [0.2, 0.25) is 0 Å². The van der Waals surface area contributed by atoms with Crippen molar-refractivity contribution in [3.8, 4) is 0 Å². The van der Waals surface area contributed by atoms with Crippen LogP contribution >= 0.6 is 11.6 Å². The Morgan fingerprint density at radius 1 is 1.67 bits per heavy atom. The molecule has 0 amide bonds. The van der Waals surface area contributed by atoms with Gasteiger partial charge in [0.25, 0.3) is 0 Å². The molecule has 68 valence electrons. The molecular formula is C8H12ClNO2. The number of aliphatic hydroxyl groups excluding tert-OH is 1. The minimum atomic E-state index is -0.338. The zero-order valence-corrected chi connectivity index (χ0v) is 7.64. The zero-order chi connectivity index (χ0) is 8.97. The Morgan fingerprint density at radius 3 is 2.92 bits per heavy atom. The molecule has 0 spiro atoms. The van der Waals surface area contributed by atoms with Gasteiger partial charge in [-0.05, 0) is 30.7 Å². The number of hydrogen-bond acceptors (Lipinski definition) is 3. The zero-order valence-electron chi connectivity index (χ0n) is 6.88. The summed E-state index contributed by atoms with van der Waals surface area (Å²) in [7, 11) is 0. The molecule has 1 aromatic rings. The Morgan fingerprint density at radius 2 is 2.42 bits per heavy atom. The van der Waals surface area contributed by atoms with Crippen LogP contribution in [0.15, 0.2) is 16.5 Å². The molecule has 1 heterocycles. The lowest BCUT2D eigenvalue weighted by Gasteiger charge is -2.03. The van der Waals surface area contributed by atoms with Crippen LogP contribution in [0.2, 0.25) is 5.22 Å². The highest BCUT2D eigenvalue weighted by atomic mass is 35.5. The summed E-state index contributed by atoms with van der Waals surface area (Å²) in [6.07, 6.45) is -0.338. The van der Waals surface area contributed by atoms with Gasteiger partial charge in [0.1, 0.15) is 5.76 Å². The highest BCUT2D eigenvalue weighted by Gasteiger charge is 1.99. The van der Waals surface area contributed by atoms with E-state index in [0.29, 0.717) is 18.3 Å². The van der Waals surface area contributed by atoms with Crippen molar-refractivity contribution in [3.63, 3.8) is 0 Å². The third kappa shape index (κ3) is 3.26. The van der Waals surface area contributed by atoms with Gasteiger partial charge in [0.15, 0.2) is 5.22 Å². The van der Waals surface area contributed by atoms with E-state index in [2.05, 4.69) is 5.32 Å². The van der Waals surface area contributed by atoms with Crippen LogP contribution in [-0.2, 0) is 6.54 Å². The van der Waals surface area contributed by atoms with Crippen LogP contribution in [0.1, 0.15) is 12.7 Å². The SMILES string of the molecule is C[C@@H](O)CNCc1ccc(Cl)o1. The summed E-state index contributed by atoms with van der Waals surface area (Å²) < 4.78 is 5.09. The topological polar surface area (TPSA) is 45.4 Å². The van der Waals surface area contributed by atoms with Crippen LogP contribution in [0.4, 0.5) is 0 Å². The molecule has 2 N–H and O–H groups in total.